The van der Waals surface area contributed by atoms with Crippen LogP contribution in [0.25, 0.3) is 0 Å². The van der Waals surface area contributed by atoms with E-state index in [1.807, 2.05) is 26.8 Å². The first-order chi connectivity index (χ1) is 11.9. The minimum atomic E-state index is -1.20. The molecule has 1 aliphatic heterocycles. The van der Waals surface area contributed by atoms with Crippen LogP contribution in [0, 0.1) is 11.8 Å². The van der Waals surface area contributed by atoms with Crippen molar-refractivity contribution in [3.63, 3.8) is 0 Å². The minimum absolute atomic E-state index is 0.124. The summed E-state index contributed by atoms with van der Waals surface area (Å²) >= 11 is 0. The van der Waals surface area contributed by atoms with Crippen molar-refractivity contribution in [2.24, 2.45) is 11.8 Å². The number of ether oxygens (including phenoxy) is 2. The predicted molar refractivity (Wildman–Crippen MR) is 107 cm³/mol. The molecule has 1 fully saturated rings. The third kappa shape index (κ3) is 8.74. The van der Waals surface area contributed by atoms with Gasteiger partial charge in [0.2, 0.25) is 0 Å². The number of carbonyl (C=O) groups is 2. The van der Waals surface area contributed by atoms with Gasteiger partial charge in [-0.2, -0.15) is 0 Å². The maximum absolute atomic E-state index is 12.2. The first kappa shape index (κ1) is 22.5. The van der Waals surface area contributed by atoms with E-state index >= 15 is 0 Å². The normalized spacial score (nSPS) is 21.1. The number of alkyl carbamates (subject to hydrolysis) is 1. The van der Waals surface area contributed by atoms with E-state index in [9.17, 15) is 9.59 Å². The number of piperidine rings is 1. The zero-order valence-electron chi connectivity index (χ0n) is 17.3. The largest absolute Gasteiger partial charge is 0.450 e. The zero-order chi connectivity index (χ0) is 20.0. The lowest BCUT2D eigenvalue weighted by Crippen LogP contribution is -2.47. The third-order valence-corrected chi connectivity index (χ3v) is 6.06. The molecule has 1 N–H and O–H groups in total. The summed E-state index contributed by atoms with van der Waals surface area (Å²) in [6.45, 7) is 18.4. The first-order valence-corrected chi connectivity index (χ1v) is 13.1. The van der Waals surface area contributed by atoms with Crippen LogP contribution in [0.4, 0.5) is 9.59 Å². The molecular formula is C19H36N2O4Si. The number of amides is 2. The molecule has 0 spiro atoms. The van der Waals surface area contributed by atoms with Crippen LogP contribution in [0.15, 0.2) is 12.7 Å². The summed E-state index contributed by atoms with van der Waals surface area (Å²) in [5.41, 5.74) is -0.501. The fraction of sp³-hybridized carbons (Fsp3) is 0.789. The Morgan fingerprint density at radius 3 is 2.50 bits per heavy atom. The topological polar surface area (TPSA) is 67.9 Å². The molecule has 1 heterocycles. The zero-order valence-corrected chi connectivity index (χ0v) is 18.3. The molecular weight excluding hydrogens is 348 g/mol. The highest BCUT2D eigenvalue weighted by atomic mass is 28.3. The van der Waals surface area contributed by atoms with Crippen LogP contribution in [0.3, 0.4) is 0 Å². The van der Waals surface area contributed by atoms with Gasteiger partial charge in [-0.1, -0.05) is 25.7 Å². The molecule has 0 aromatic rings. The van der Waals surface area contributed by atoms with E-state index in [1.165, 1.54) is 0 Å². The molecule has 1 saturated heterocycles. The van der Waals surface area contributed by atoms with Crippen molar-refractivity contribution < 1.29 is 19.1 Å². The van der Waals surface area contributed by atoms with E-state index in [2.05, 4.69) is 31.5 Å². The summed E-state index contributed by atoms with van der Waals surface area (Å²) in [4.78, 5) is 25.8. The van der Waals surface area contributed by atoms with Crippen molar-refractivity contribution in [3.05, 3.63) is 12.7 Å². The van der Waals surface area contributed by atoms with E-state index < -0.39 is 13.7 Å². The van der Waals surface area contributed by atoms with Crippen LogP contribution in [0.5, 0.6) is 0 Å². The second kappa shape index (κ2) is 9.44. The Balaban J connectivity index is 2.42. The van der Waals surface area contributed by atoms with Crippen molar-refractivity contribution in [2.45, 2.75) is 58.5 Å². The summed E-state index contributed by atoms with van der Waals surface area (Å²) in [5, 5.41) is 2.86. The van der Waals surface area contributed by atoms with E-state index in [1.54, 1.807) is 4.90 Å². The molecule has 0 aromatic heterocycles. The fourth-order valence-electron chi connectivity index (χ4n) is 2.76. The molecule has 0 aliphatic carbocycles. The highest BCUT2D eigenvalue weighted by Gasteiger charge is 2.32. The van der Waals surface area contributed by atoms with Gasteiger partial charge in [0, 0.05) is 27.7 Å². The number of rotatable bonds is 6. The van der Waals surface area contributed by atoms with Gasteiger partial charge < -0.3 is 19.7 Å². The molecule has 26 heavy (non-hydrogen) atoms. The van der Waals surface area contributed by atoms with Crippen molar-refractivity contribution >= 4 is 20.3 Å². The lowest BCUT2D eigenvalue weighted by atomic mass is 9.85. The SMILES string of the molecule is C=C[C@H]1CN(C(=O)OC(C)(C)C)CC[C@H]1CNC(=O)OCC[Si](C)(C)C. The monoisotopic (exact) mass is 384 g/mol. The average Bonchev–Trinajstić information content (AvgIpc) is 2.49. The summed E-state index contributed by atoms with van der Waals surface area (Å²) in [6.07, 6.45) is 2.01. The number of likely N-dealkylation sites (tertiary alicyclic amines) is 1. The number of hydrogen-bond acceptors (Lipinski definition) is 4. The molecule has 7 heteroatoms. The van der Waals surface area contributed by atoms with Crippen molar-refractivity contribution in [1.29, 1.82) is 0 Å². The van der Waals surface area contributed by atoms with Gasteiger partial charge in [-0.15, -0.1) is 6.58 Å². The number of carbonyl (C=O) groups excluding carboxylic acids is 2. The van der Waals surface area contributed by atoms with Gasteiger partial charge in [0.15, 0.2) is 0 Å². The van der Waals surface area contributed by atoms with Crippen LogP contribution in [-0.2, 0) is 9.47 Å². The average molecular weight is 385 g/mol. The van der Waals surface area contributed by atoms with Crippen molar-refractivity contribution in [3.8, 4) is 0 Å². The molecule has 2 atom stereocenters. The Morgan fingerprint density at radius 2 is 1.96 bits per heavy atom. The Bertz CT molecular complexity index is 497. The smallest absolute Gasteiger partial charge is 0.410 e. The van der Waals surface area contributed by atoms with Crippen LogP contribution in [0.1, 0.15) is 27.2 Å². The highest BCUT2D eigenvalue weighted by Crippen LogP contribution is 2.25. The Morgan fingerprint density at radius 1 is 1.31 bits per heavy atom. The van der Waals surface area contributed by atoms with E-state index in [-0.39, 0.29) is 24.0 Å². The van der Waals surface area contributed by atoms with Gasteiger partial charge >= 0.3 is 12.2 Å². The molecule has 0 radical (unpaired) electrons. The number of hydrogen-bond donors (Lipinski definition) is 1. The molecule has 0 saturated carbocycles. The van der Waals surface area contributed by atoms with Crippen molar-refractivity contribution in [1.82, 2.24) is 10.2 Å². The van der Waals surface area contributed by atoms with Gasteiger partial charge in [-0.05, 0) is 45.1 Å². The fourth-order valence-corrected chi connectivity index (χ4v) is 3.47. The molecule has 0 unspecified atom stereocenters. The Kier molecular flexibility index (Phi) is 8.18. The molecule has 0 bridgehead atoms. The maximum atomic E-state index is 12.2. The standard InChI is InChI=1S/C19H36N2O4Si/c1-8-15-14-21(18(23)25-19(2,3)4)10-9-16(15)13-20-17(22)24-11-12-26(5,6)7/h8,15-16H,1,9-14H2,2-7H3,(H,20,22)/t15-,16-/m0/s1. The lowest BCUT2D eigenvalue weighted by molar-refractivity contribution is 0.0136. The van der Waals surface area contributed by atoms with Gasteiger partial charge in [0.1, 0.15) is 5.60 Å². The Labute approximate surface area is 159 Å². The van der Waals surface area contributed by atoms with Crippen LogP contribution < -0.4 is 5.32 Å². The minimum Gasteiger partial charge on any atom is -0.450 e. The summed E-state index contributed by atoms with van der Waals surface area (Å²) in [5.74, 6) is 0.370. The number of nitrogens with zero attached hydrogens (tertiary/aromatic N) is 1. The van der Waals surface area contributed by atoms with Gasteiger partial charge in [-0.25, -0.2) is 9.59 Å². The van der Waals surface area contributed by atoms with Crippen LogP contribution >= 0.6 is 0 Å². The second-order valence-electron chi connectivity index (χ2n) is 9.20. The van der Waals surface area contributed by atoms with Gasteiger partial charge in [0.25, 0.3) is 0 Å². The molecule has 1 aliphatic rings. The summed E-state index contributed by atoms with van der Waals surface area (Å²) < 4.78 is 10.7. The van der Waals surface area contributed by atoms with E-state index in [0.29, 0.717) is 26.2 Å². The second-order valence-corrected chi connectivity index (χ2v) is 14.8. The maximum Gasteiger partial charge on any atom is 0.410 e. The van der Waals surface area contributed by atoms with Crippen LogP contribution in [0.2, 0.25) is 25.7 Å². The van der Waals surface area contributed by atoms with Crippen LogP contribution in [-0.4, -0.2) is 57.0 Å². The first-order valence-electron chi connectivity index (χ1n) is 9.42. The number of nitrogens with one attached hydrogen (secondary N) is 1. The Hall–Kier alpha value is -1.50. The van der Waals surface area contributed by atoms with E-state index in [4.69, 9.17) is 9.47 Å². The summed E-state index contributed by atoms with van der Waals surface area (Å²) in [7, 11) is -1.20. The molecule has 150 valence electrons. The molecule has 1 rings (SSSR count). The van der Waals surface area contributed by atoms with Gasteiger partial charge in [0.05, 0.1) is 6.61 Å². The predicted octanol–water partition coefficient (Wildman–Crippen LogP) is 4.11. The van der Waals surface area contributed by atoms with Gasteiger partial charge in [-0.3, -0.25) is 0 Å². The summed E-state index contributed by atoms with van der Waals surface area (Å²) in [6, 6.07) is 0.962. The quantitative estimate of drug-likeness (QED) is 0.553. The third-order valence-electron chi connectivity index (χ3n) is 4.35. The van der Waals surface area contributed by atoms with E-state index in [0.717, 1.165) is 12.5 Å². The lowest BCUT2D eigenvalue weighted by Gasteiger charge is -2.37. The van der Waals surface area contributed by atoms with Crippen molar-refractivity contribution in [2.75, 3.05) is 26.2 Å². The molecule has 2 amide bonds. The molecule has 0 aromatic carbocycles. The molecule has 6 nitrogen and oxygen atoms in total. The highest BCUT2D eigenvalue weighted by molar-refractivity contribution is 6.76.